The van der Waals surface area contributed by atoms with Crippen molar-refractivity contribution in [3.8, 4) is 11.3 Å². The number of ether oxygens (including phenoxy) is 2. The van der Waals surface area contributed by atoms with Gasteiger partial charge in [-0.2, -0.15) is 0 Å². The summed E-state index contributed by atoms with van der Waals surface area (Å²) in [6, 6.07) is 8.80. The van der Waals surface area contributed by atoms with E-state index in [0.717, 1.165) is 32.3 Å². The molecule has 2 amide bonds. The lowest BCUT2D eigenvalue weighted by molar-refractivity contribution is -0.121. The number of carbonyl (C=O) groups excluding carboxylic acids is 2. The molecule has 1 aromatic carbocycles. The van der Waals surface area contributed by atoms with Crippen LogP contribution in [0.5, 0.6) is 0 Å². The Morgan fingerprint density at radius 3 is 2.59 bits per heavy atom. The maximum absolute atomic E-state index is 13.2. The molecular weight excluding hydrogens is 434 g/mol. The highest BCUT2D eigenvalue weighted by Gasteiger charge is 2.26. The van der Waals surface area contributed by atoms with Gasteiger partial charge < -0.3 is 24.2 Å². The molecule has 1 N–H and O–H groups in total. The van der Waals surface area contributed by atoms with Crippen LogP contribution in [0.25, 0.3) is 11.3 Å². The summed E-state index contributed by atoms with van der Waals surface area (Å²) in [5.74, 6) is 0.0161. The van der Waals surface area contributed by atoms with Crippen LogP contribution in [0, 0.1) is 0 Å². The van der Waals surface area contributed by atoms with E-state index in [2.05, 4.69) is 10.5 Å². The number of rotatable bonds is 9. The maximum Gasteiger partial charge on any atom is 0.276 e. The van der Waals surface area contributed by atoms with Crippen molar-refractivity contribution in [3.05, 3.63) is 41.0 Å². The van der Waals surface area contributed by atoms with E-state index in [1.807, 2.05) is 12.1 Å². The molecule has 2 aromatic rings. The third-order valence-electron chi connectivity index (χ3n) is 5.76. The second-order valence-corrected chi connectivity index (χ2v) is 8.54. The van der Waals surface area contributed by atoms with Gasteiger partial charge in [-0.05, 0) is 37.8 Å². The summed E-state index contributed by atoms with van der Waals surface area (Å²) in [5, 5.41) is 7.38. The molecule has 8 nitrogen and oxygen atoms in total. The Balaban J connectivity index is 1.39. The number of amides is 2. The lowest BCUT2D eigenvalue weighted by Crippen LogP contribution is -2.40. The zero-order valence-corrected chi connectivity index (χ0v) is 18.7. The lowest BCUT2D eigenvalue weighted by Gasteiger charge is -2.24. The van der Waals surface area contributed by atoms with Crippen molar-refractivity contribution in [1.29, 1.82) is 0 Å². The first-order chi connectivity index (χ1) is 15.6. The summed E-state index contributed by atoms with van der Waals surface area (Å²) in [6.45, 7) is 2.62. The number of carbonyl (C=O) groups is 2. The van der Waals surface area contributed by atoms with E-state index in [4.69, 9.17) is 25.6 Å². The molecule has 2 aliphatic rings. The summed E-state index contributed by atoms with van der Waals surface area (Å²) in [6.07, 6.45) is 4.08. The average Bonchev–Trinajstić information content (AvgIpc) is 3.58. The minimum absolute atomic E-state index is 0.0381. The molecule has 0 bridgehead atoms. The Bertz CT molecular complexity index is 922. The Labute approximate surface area is 192 Å². The highest BCUT2D eigenvalue weighted by molar-refractivity contribution is 6.33. The fraction of sp³-hybridized carbons (Fsp3) is 0.522. The molecule has 2 fully saturated rings. The molecular formula is C23H28ClN3O5. The van der Waals surface area contributed by atoms with E-state index in [9.17, 15) is 9.59 Å². The van der Waals surface area contributed by atoms with Crippen LogP contribution in [0.2, 0.25) is 5.02 Å². The molecule has 2 saturated heterocycles. The fourth-order valence-corrected chi connectivity index (χ4v) is 4.22. The van der Waals surface area contributed by atoms with Gasteiger partial charge in [0.2, 0.25) is 5.91 Å². The number of hydrogen-bond acceptors (Lipinski definition) is 6. The second kappa shape index (κ2) is 10.9. The van der Waals surface area contributed by atoms with Crippen molar-refractivity contribution >= 4 is 23.4 Å². The minimum Gasteiger partial charge on any atom is -0.376 e. The zero-order valence-electron chi connectivity index (χ0n) is 17.9. The normalized spacial score (nSPS) is 20.4. The third-order valence-corrected chi connectivity index (χ3v) is 6.09. The quantitative estimate of drug-likeness (QED) is 0.615. The van der Waals surface area contributed by atoms with Gasteiger partial charge in [0.05, 0.1) is 17.2 Å². The molecule has 0 spiro atoms. The average molecular weight is 462 g/mol. The van der Waals surface area contributed by atoms with Gasteiger partial charge in [-0.25, -0.2) is 0 Å². The van der Waals surface area contributed by atoms with Crippen molar-refractivity contribution in [2.45, 2.75) is 44.3 Å². The number of nitrogens with zero attached hydrogens (tertiary/aromatic N) is 2. The standard InChI is InChI=1S/C23H28ClN3O5/c24-19-8-2-1-7-18(19)21-13-20(26-32-21)23(29)27(15-17-6-4-12-31-17)10-9-22(28)25-14-16-5-3-11-30-16/h1-2,7-8,13,16-17H,3-6,9-12,14-15H2,(H,25,28)/t16-,17+/m0/s1. The number of benzene rings is 1. The Hall–Kier alpha value is -2.42. The van der Waals surface area contributed by atoms with Crippen molar-refractivity contribution in [3.63, 3.8) is 0 Å². The van der Waals surface area contributed by atoms with E-state index in [0.29, 0.717) is 36.0 Å². The summed E-state index contributed by atoms with van der Waals surface area (Å²) in [7, 11) is 0. The molecule has 4 rings (SSSR count). The van der Waals surface area contributed by atoms with Gasteiger partial charge in [0.25, 0.3) is 5.91 Å². The van der Waals surface area contributed by atoms with Gasteiger partial charge in [0.1, 0.15) is 0 Å². The SMILES string of the molecule is O=C(CCN(C[C@H]1CCCO1)C(=O)c1cc(-c2ccccc2Cl)on1)NC[C@@H]1CCCO1. The van der Waals surface area contributed by atoms with Crippen LogP contribution in [0.3, 0.4) is 0 Å². The molecule has 2 atom stereocenters. The van der Waals surface area contributed by atoms with Crippen molar-refractivity contribution < 1.29 is 23.6 Å². The van der Waals surface area contributed by atoms with E-state index < -0.39 is 0 Å². The number of halogens is 1. The predicted octanol–water partition coefficient (Wildman–Crippen LogP) is 3.30. The summed E-state index contributed by atoms with van der Waals surface area (Å²) < 4.78 is 16.6. The van der Waals surface area contributed by atoms with Crippen LogP contribution in [0.15, 0.2) is 34.9 Å². The van der Waals surface area contributed by atoms with Gasteiger partial charge in [-0.15, -0.1) is 0 Å². The fourth-order valence-electron chi connectivity index (χ4n) is 3.99. The van der Waals surface area contributed by atoms with Crippen molar-refractivity contribution in [2.75, 3.05) is 32.8 Å². The van der Waals surface area contributed by atoms with E-state index in [-0.39, 0.29) is 42.7 Å². The van der Waals surface area contributed by atoms with Gasteiger partial charge >= 0.3 is 0 Å². The number of nitrogens with one attached hydrogen (secondary N) is 1. The molecule has 32 heavy (non-hydrogen) atoms. The molecule has 0 saturated carbocycles. The zero-order chi connectivity index (χ0) is 22.3. The van der Waals surface area contributed by atoms with E-state index in [1.54, 1.807) is 23.1 Å². The van der Waals surface area contributed by atoms with Crippen LogP contribution in [0.1, 0.15) is 42.6 Å². The second-order valence-electron chi connectivity index (χ2n) is 8.13. The molecule has 0 radical (unpaired) electrons. The minimum atomic E-state index is -0.297. The number of hydrogen-bond donors (Lipinski definition) is 1. The Morgan fingerprint density at radius 2 is 1.88 bits per heavy atom. The maximum atomic E-state index is 13.2. The lowest BCUT2D eigenvalue weighted by atomic mass is 10.1. The topological polar surface area (TPSA) is 93.9 Å². The van der Waals surface area contributed by atoms with Gasteiger partial charge in [-0.3, -0.25) is 9.59 Å². The van der Waals surface area contributed by atoms with Gasteiger partial charge in [-0.1, -0.05) is 28.9 Å². The summed E-state index contributed by atoms with van der Waals surface area (Å²) in [4.78, 5) is 27.2. The predicted molar refractivity (Wildman–Crippen MR) is 118 cm³/mol. The summed E-state index contributed by atoms with van der Waals surface area (Å²) in [5.41, 5.74) is 0.845. The van der Waals surface area contributed by atoms with Crippen molar-refractivity contribution in [1.82, 2.24) is 15.4 Å². The first-order valence-corrected chi connectivity index (χ1v) is 11.5. The first kappa shape index (κ1) is 22.8. The highest BCUT2D eigenvalue weighted by atomic mass is 35.5. The molecule has 0 aliphatic carbocycles. The smallest absolute Gasteiger partial charge is 0.276 e. The van der Waals surface area contributed by atoms with Crippen LogP contribution in [0.4, 0.5) is 0 Å². The third kappa shape index (κ3) is 5.88. The Kier molecular flexibility index (Phi) is 7.78. The van der Waals surface area contributed by atoms with Crippen LogP contribution >= 0.6 is 11.6 Å². The molecule has 1 aromatic heterocycles. The number of aromatic nitrogens is 1. The van der Waals surface area contributed by atoms with Crippen molar-refractivity contribution in [2.24, 2.45) is 0 Å². The van der Waals surface area contributed by atoms with E-state index in [1.165, 1.54) is 0 Å². The molecule has 0 unspecified atom stereocenters. The first-order valence-electron chi connectivity index (χ1n) is 11.1. The van der Waals surface area contributed by atoms with E-state index >= 15 is 0 Å². The van der Waals surface area contributed by atoms with Gasteiger partial charge in [0, 0.05) is 50.9 Å². The molecule has 9 heteroatoms. The largest absolute Gasteiger partial charge is 0.376 e. The monoisotopic (exact) mass is 461 g/mol. The van der Waals surface area contributed by atoms with Crippen LogP contribution in [-0.2, 0) is 14.3 Å². The highest BCUT2D eigenvalue weighted by Crippen LogP contribution is 2.28. The Morgan fingerprint density at radius 1 is 1.12 bits per heavy atom. The molecule has 172 valence electrons. The molecule has 2 aliphatic heterocycles. The summed E-state index contributed by atoms with van der Waals surface area (Å²) >= 11 is 6.23. The van der Waals surface area contributed by atoms with Crippen LogP contribution in [-0.4, -0.2) is 66.9 Å². The van der Waals surface area contributed by atoms with Crippen LogP contribution < -0.4 is 5.32 Å². The molecule has 3 heterocycles. The van der Waals surface area contributed by atoms with Gasteiger partial charge in [0.15, 0.2) is 11.5 Å².